The van der Waals surface area contributed by atoms with Crippen molar-refractivity contribution in [3.05, 3.63) is 0 Å². The van der Waals surface area contributed by atoms with E-state index in [1.54, 1.807) is 0 Å². The van der Waals surface area contributed by atoms with Gasteiger partial charge >= 0.3 is 0 Å². The summed E-state index contributed by atoms with van der Waals surface area (Å²) in [5.74, 6) is 0.819. The summed E-state index contributed by atoms with van der Waals surface area (Å²) in [5, 5.41) is 3.72. The van der Waals surface area contributed by atoms with Gasteiger partial charge in [0.25, 0.3) is 0 Å². The molecule has 0 aromatic rings. The van der Waals surface area contributed by atoms with Crippen LogP contribution < -0.4 is 5.32 Å². The van der Waals surface area contributed by atoms with Gasteiger partial charge in [0.1, 0.15) is 0 Å². The van der Waals surface area contributed by atoms with Gasteiger partial charge in [0, 0.05) is 24.7 Å². The maximum absolute atomic E-state index is 3.72. The zero-order chi connectivity index (χ0) is 12.3. The minimum atomic E-state index is 0.601. The molecule has 100 valence electrons. The summed E-state index contributed by atoms with van der Waals surface area (Å²) in [6.45, 7) is 10.9. The van der Waals surface area contributed by atoms with Crippen LogP contribution in [0.3, 0.4) is 0 Å². The summed E-state index contributed by atoms with van der Waals surface area (Å²) in [4.78, 5) is 2.81. The van der Waals surface area contributed by atoms with E-state index < -0.39 is 0 Å². The topological polar surface area (TPSA) is 15.3 Å². The summed E-state index contributed by atoms with van der Waals surface area (Å²) in [6.07, 6.45) is 8.31. The first-order valence-corrected chi connectivity index (χ1v) is 7.70. The van der Waals surface area contributed by atoms with E-state index in [0.717, 1.165) is 12.0 Å². The lowest BCUT2D eigenvalue weighted by atomic mass is 9.72. The predicted molar refractivity (Wildman–Crippen MR) is 74.3 cm³/mol. The molecule has 0 bridgehead atoms. The van der Waals surface area contributed by atoms with E-state index in [0.29, 0.717) is 5.54 Å². The molecule has 0 aromatic heterocycles. The molecule has 2 heteroatoms. The summed E-state index contributed by atoms with van der Waals surface area (Å²) >= 11 is 0. The molecule has 2 aliphatic rings. The smallest absolute Gasteiger partial charge is 0.0207 e. The van der Waals surface area contributed by atoms with Gasteiger partial charge in [-0.15, -0.1) is 0 Å². The highest BCUT2D eigenvalue weighted by Gasteiger charge is 2.43. The Bertz CT molecular complexity index is 230. The van der Waals surface area contributed by atoms with Crippen LogP contribution >= 0.6 is 0 Å². The second-order valence-electron chi connectivity index (χ2n) is 6.20. The standard InChI is InChI=1S/C15H30N2/c1-4-10-16-14-7-11-17(12-13(14)3)15(5-2)8-6-9-15/h13-14,16H,4-12H2,1-3H3. The Morgan fingerprint density at radius 2 is 2.06 bits per heavy atom. The molecule has 2 unspecified atom stereocenters. The Hall–Kier alpha value is -0.0800. The largest absolute Gasteiger partial charge is 0.314 e. The second kappa shape index (κ2) is 5.71. The van der Waals surface area contributed by atoms with Crippen molar-refractivity contribution in [3.8, 4) is 0 Å². The zero-order valence-electron chi connectivity index (χ0n) is 12.0. The van der Waals surface area contributed by atoms with Gasteiger partial charge in [-0.1, -0.05) is 20.8 Å². The Kier molecular flexibility index (Phi) is 4.48. The minimum absolute atomic E-state index is 0.601. The quantitative estimate of drug-likeness (QED) is 0.792. The third kappa shape index (κ3) is 2.68. The molecule has 1 N–H and O–H groups in total. The summed E-state index contributed by atoms with van der Waals surface area (Å²) in [7, 11) is 0. The van der Waals surface area contributed by atoms with E-state index in [4.69, 9.17) is 0 Å². The summed E-state index contributed by atoms with van der Waals surface area (Å²) in [6, 6.07) is 0.764. The Morgan fingerprint density at radius 1 is 1.29 bits per heavy atom. The predicted octanol–water partition coefficient (Wildman–Crippen LogP) is 3.03. The van der Waals surface area contributed by atoms with Crippen LogP contribution in [-0.2, 0) is 0 Å². The lowest BCUT2D eigenvalue weighted by Gasteiger charge is -2.54. The second-order valence-corrected chi connectivity index (χ2v) is 6.20. The molecule has 2 fully saturated rings. The molecule has 2 atom stereocenters. The SMILES string of the molecule is CCCNC1CCN(C2(CC)CCC2)CC1C. The van der Waals surface area contributed by atoms with Gasteiger partial charge in [-0.3, -0.25) is 4.90 Å². The van der Waals surface area contributed by atoms with Crippen LogP contribution in [0.25, 0.3) is 0 Å². The third-order valence-electron chi connectivity index (χ3n) is 5.18. The molecule has 0 amide bonds. The van der Waals surface area contributed by atoms with Crippen LogP contribution in [0.2, 0.25) is 0 Å². The number of likely N-dealkylation sites (tertiary alicyclic amines) is 1. The minimum Gasteiger partial charge on any atom is -0.314 e. The molecule has 0 aromatic carbocycles. The maximum atomic E-state index is 3.72. The van der Waals surface area contributed by atoms with Crippen LogP contribution in [-0.4, -0.2) is 36.1 Å². The van der Waals surface area contributed by atoms with Crippen molar-refractivity contribution in [1.82, 2.24) is 10.2 Å². The molecular weight excluding hydrogens is 208 g/mol. The monoisotopic (exact) mass is 238 g/mol. The van der Waals surface area contributed by atoms with Gasteiger partial charge in [0.15, 0.2) is 0 Å². The van der Waals surface area contributed by atoms with E-state index >= 15 is 0 Å². The van der Waals surface area contributed by atoms with Crippen molar-refractivity contribution in [2.45, 2.75) is 70.9 Å². The maximum Gasteiger partial charge on any atom is 0.0207 e. The molecule has 1 aliphatic heterocycles. The molecule has 1 heterocycles. The number of nitrogens with one attached hydrogen (secondary N) is 1. The van der Waals surface area contributed by atoms with Crippen molar-refractivity contribution in [1.29, 1.82) is 0 Å². The molecule has 1 aliphatic carbocycles. The van der Waals surface area contributed by atoms with E-state index in [1.165, 1.54) is 58.2 Å². The molecular formula is C15H30N2. The zero-order valence-corrected chi connectivity index (χ0v) is 12.0. The average Bonchev–Trinajstić information content (AvgIpc) is 2.27. The van der Waals surface area contributed by atoms with Crippen LogP contribution in [0.1, 0.15) is 59.3 Å². The molecule has 2 nitrogen and oxygen atoms in total. The van der Waals surface area contributed by atoms with Crippen LogP contribution in [0.15, 0.2) is 0 Å². The molecule has 0 spiro atoms. The fourth-order valence-corrected chi connectivity index (χ4v) is 3.69. The van der Waals surface area contributed by atoms with E-state index in [9.17, 15) is 0 Å². The van der Waals surface area contributed by atoms with E-state index in [-0.39, 0.29) is 0 Å². The Labute approximate surface area is 107 Å². The highest BCUT2D eigenvalue weighted by molar-refractivity contribution is 4.99. The highest BCUT2D eigenvalue weighted by atomic mass is 15.2. The van der Waals surface area contributed by atoms with Crippen molar-refractivity contribution < 1.29 is 0 Å². The van der Waals surface area contributed by atoms with Gasteiger partial charge < -0.3 is 5.32 Å². The number of hydrogen-bond acceptors (Lipinski definition) is 2. The Morgan fingerprint density at radius 3 is 2.53 bits per heavy atom. The van der Waals surface area contributed by atoms with Gasteiger partial charge in [-0.05, 0) is 51.0 Å². The molecule has 0 radical (unpaired) electrons. The normalized spacial score (nSPS) is 33.4. The molecule has 17 heavy (non-hydrogen) atoms. The number of nitrogens with zero attached hydrogens (tertiary/aromatic N) is 1. The van der Waals surface area contributed by atoms with Gasteiger partial charge in [-0.2, -0.15) is 0 Å². The average molecular weight is 238 g/mol. The van der Waals surface area contributed by atoms with Gasteiger partial charge in [-0.25, -0.2) is 0 Å². The number of piperidine rings is 1. The lowest BCUT2D eigenvalue weighted by Crippen LogP contribution is -2.60. The first-order chi connectivity index (χ1) is 8.22. The first kappa shape index (κ1) is 13.4. The van der Waals surface area contributed by atoms with Crippen LogP contribution in [0.4, 0.5) is 0 Å². The first-order valence-electron chi connectivity index (χ1n) is 7.70. The Balaban J connectivity index is 1.86. The van der Waals surface area contributed by atoms with Gasteiger partial charge in [0.2, 0.25) is 0 Å². The summed E-state index contributed by atoms with van der Waals surface area (Å²) < 4.78 is 0. The third-order valence-corrected chi connectivity index (χ3v) is 5.18. The van der Waals surface area contributed by atoms with Crippen LogP contribution in [0, 0.1) is 5.92 Å². The van der Waals surface area contributed by atoms with Gasteiger partial charge in [0.05, 0.1) is 0 Å². The number of hydrogen-bond donors (Lipinski definition) is 1. The van der Waals surface area contributed by atoms with E-state index in [2.05, 4.69) is 31.0 Å². The fourth-order valence-electron chi connectivity index (χ4n) is 3.69. The number of rotatable bonds is 5. The highest BCUT2D eigenvalue weighted by Crippen LogP contribution is 2.42. The fraction of sp³-hybridized carbons (Fsp3) is 1.00. The lowest BCUT2D eigenvalue weighted by molar-refractivity contribution is -0.0228. The van der Waals surface area contributed by atoms with Crippen molar-refractivity contribution in [2.75, 3.05) is 19.6 Å². The van der Waals surface area contributed by atoms with E-state index in [1.807, 2.05) is 0 Å². The molecule has 1 saturated heterocycles. The van der Waals surface area contributed by atoms with Crippen LogP contribution in [0.5, 0.6) is 0 Å². The molecule has 1 saturated carbocycles. The van der Waals surface area contributed by atoms with Crippen molar-refractivity contribution in [2.24, 2.45) is 5.92 Å². The molecule has 2 rings (SSSR count). The van der Waals surface area contributed by atoms with Crippen molar-refractivity contribution in [3.63, 3.8) is 0 Å². The summed E-state index contributed by atoms with van der Waals surface area (Å²) in [5.41, 5.74) is 0.601. The van der Waals surface area contributed by atoms with Crippen molar-refractivity contribution >= 4 is 0 Å².